The number of halogens is 1. The van der Waals surface area contributed by atoms with E-state index in [1.807, 2.05) is 41.8 Å². The first-order valence-electron chi connectivity index (χ1n) is 9.50. The summed E-state index contributed by atoms with van der Waals surface area (Å²) in [4.78, 5) is 7.78. The predicted octanol–water partition coefficient (Wildman–Crippen LogP) is 5.91. The molecule has 29 heavy (non-hydrogen) atoms. The summed E-state index contributed by atoms with van der Waals surface area (Å²) in [5.41, 5.74) is 2.95. The smallest absolute Gasteiger partial charge is 0.258 e. The largest absolute Gasteiger partial charge is 0.351 e. The molecule has 0 saturated heterocycles. The van der Waals surface area contributed by atoms with Crippen LogP contribution in [-0.4, -0.2) is 26.7 Å². The van der Waals surface area contributed by atoms with Gasteiger partial charge in [-0.05, 0) is 54.7 Å². The summed E-state index contributed by atoms with van der Waals surface area (Å²) in [6.07, 6.45) is 2.13. The Balaban J connectivity index is 1.81. The van der Waals surface area contributed by atoms with E-state index < -0.39 is 0 Å². The van der Waals surface area contributed by atoms with Crippen molar-refractivity contribution >= 4 is 45.8 Å². The molecule has 0 amide bonds. The molecule has 1 unspecified atom stereocenters. The van der Waals surface area contributed by atoms with Crippen LogP contribution < -0.4 is 5.32 Å². The number of aromatic nitrogens is 2. The van der Waals surface area contributed by atoms with Crippen LogP contribution >= 0.6 is 35.2 Å². The molecule has 0 radical (unpaired) electrons. The van der Waals surface area contributed by atoms with Gasteiger partial charge in [0, 0.05) is 17.3 Å². The Bertz CT molecular complexity index is 1040. The lowest BCUT2D eigenvalue weighted by molar-refractivity contribution is 0.395. The van der Waals surface area contributed by atoms with Gasteiger partial charge in [-0.25, -0.2) is 0 Å². The van der Waals surface area contributed by atoms with Gasteiger partial charge in [0.1, 0.15) is 0 Å². The fourth-order valence-electron chi connectivity index (χ4n) is 3.42. The first-order valence-corrected chi connectivity index (χ1v) is 11.2. The highest BCUT2D eigenvalue weighted by Crippen LogP contribution is 2.38. The number of hydrogen-bond donors (Lipinski definition) is 1. The zero-order valence-corrected chi connectivity index (χ0v) is 18.6. The number of thiocarbonyl (C=S) groups is 1. The highest BCUT2D eigenvalue weighted by Gasteiger charge is 2.34. The molecule has 1 aliphatic rings. The van der Waals surface area contributed by atoms with E-state index in [0.717, 1.165) is 41.1 Å². The Morgan fingerprint density at radius 2 is 2.17 bits per heavy atom. The molecule has 1 aliphatic heterocycles. The van der Waals surface area contributed by atoms with Crippen molar-refractivity contribution in [3.8, 4) is 10.7 Å². The van der Waals surface area contributed by atoms with Crippen molar-refractivity contribution in [2.24, 2.45) is 0 Å². The molecule has 2 aromatic heterocycles. The first kappa shape index (κ1) is 20.1. The van der Waals surface area contributed by atoms with Crippen molar-refractivity contribution in [1.29, 1.82) is 0 Å². The lowest BCUT2D eigenvalue weighted by atomic mass is 9.94. The summed E-state index contributed by atoms with van der Waals surface area (Å²) in [5.74, 6) is 1.08. The maximum atomic E-state index is 6.26. The summed E-state index contributed by atoms with van der Waals surface area (Å²) in [6.45, 7) is 5.07. The quantitative estimate of drug-likeness (QED) is 0.476. The fraction of sp³-hybridized carbons (Fsp3) is 0.286. The molecular weight excluding hydrogens is 424 g/mol. The number of unbranched alkanes of at least 4 members (excludes halogenated alkanes) is 1. The Labute approximate surface area is 184 Å². The second-order valence-corrected chi connectivity index (χ2v) is 8.61. The van der Waals surface area contributed by atoms with E-state index in [1.165, 1.54) is 0 Å². The minimum absolute atomic E-state index is 0.212. The summed E-state index contributed by atoms with van der Waals surface area (Å²) in [6, 6.07) is 11.5. The molecule has 3 heterocycles. The van der Waals surface area contributed by atoms with Crippen LogP contribution in [0.15, 0.2) is 52.0 Å². The lowest BCUT2D eigenvalue weighted by Gasteiger charge is -2.37. The average molecular weight is 445 g/mol. The number of nitrogens with zero attached hydrogens (tertiary/aromatic N) is 3. The van der Waals surface area contributed by atoms with Gasteiger partial charge >= 0.3 is 0 Å². The van der Waals surface area contributed by atoms with Gasteiger partial charge in [-0.1, -0.05) is 48.3 Å². The van der Waals surface area contributed by atoms with Crippen LogP contribution in [0.25, 0.3) is 16.3 Å². The molecular formula is C21H21ClN4OS2. The van der Waals surface area contributed by atoms with Crippen molar-refractivity contribution in [2.45, 2.75) is 32.7 Å². The minimum atomic E-state index is -0.212. The minimum Gasteiger partial charge on any atom is -0.351 e. The standard InChI is InChI=1S/C21H21ClN4OS2/c1-3-4-10-26-13(2)17(20-24-19(25-27-20)16-9-6-11-29-16)18(23-21(26)28)14-7-5-8-15(22)12-14/h5-9,11-12,18H,3-4,10H2,1-2H3,(H,23,28). The van der Waals surface area contributed by atoms with Crippen LogP contribution in [0.2, 0.25) is 5.02 Å². The molecule has 0 aliphatic carbocycles. The van der Waals surface area contributed by atoms with Crippen molar-refractivity contribution in [3.63, 3.8) is 0 Å². The lowest BCUT2D eigenvalue weighted by Crippen LogP contribution is -2.46. The van der Waals surface area contributed by atoms with E-state index in [0.29, 0.717) is 21.9 Å². The van der Waals surface area contributed by atoms with Crippen molar-refractivity contribution < 1.29 is 4.52 Å². The number of rotatable bonds is 6. The second-order valence-electron chi connectivity index (χ2n) is 6.84. The maximum Gasteiger partial charge on any atom is 0.258 e. The zero-order valence-electron chi connectivity index (χ0n) is 16.2. The Hall–Kier alpha value is -2.22. The molecule has 0 spiro atoms. The number of allylic oxidation sites excluding steroid dienone is 1. The predicted molar refractivity (Wildman–Crippen MR) is 122 cm³/mol. The van der Waals surface area contributed by atoms with E-state index in [4.69, 9.17) is 33.3 Å². The van der Waals surface area contributed by atoms with E-state index in [9.17, 15) is 0 Å². The van der Waals surface area contributed by atoms with Gasteiger partial charge in [-0.15, -0.1) is 11.3 Å². The van der Waals surface area contributed by atoms with Crippen LogP contribution in [0.4, 0.5) is 0 Å². The molecule has 150 valence electrons. The molecule has 0 fully saturated rings. The third-order valence-electron chi connectivity index (χ3n) is 4.91. The van der Waals surface area contributed by atoms with Gasteiger partial charge in [0.05, 0.1) is 16.5 Å². The number of thiophene rings is 1. The molecule has 0 bridgehead atoms. The molecule has 5 nitrogen and oxygen atoms in total. The average Bonchev–Trinajstić information content (AvgIpc) is 3.39. The third-order valence-corrected chi connectivity index (χ3v) is 6.35. The monoisotopic (exact) mass is 444 g/mol. The van der Waals surface area contributed by atoms with E-state index in [-0.39, 0.29) is 6.04 Å². The van der Waals surface area contributed by atoms with Crippen molar-refractivity contribution in [1.82, 2.24) is 20.4 Å². The van der Waals surface area contributed by atoms with Crippen molar-refractivity contribution in [2.75, 3.05) is 6.54 Å². The summed E-state index contributed by atoms with van der Waals surface area (Å²) in [5, 5.41) is 11.0. The molecule has 4 rings (SSSR count). The van der Waals surface area contributed by atoms with Crippen LogP contribution in [0, 0.1) is 0 Å². The number of hydrogen-bond acceptors (Lipinski definition) is 5. The van der Waals surface area contributed by atoms with E-state index in [2.05, 4.69) is 29.2 Å². The van der Waals surface area contributed by atoms with Gasteiger partial charge in [0.2, 0.25) is 5.82 Å². The van der Waals surface area contributed by atoms with E-state index in [1.54, 1.807) is 11.3 Å². The number of benzene rings is 1. The SMILES string of the molecule is CCCCN1C(=S)NC(c2cccc(Cl)c2)C(c2nc(-c3cccs3)no2)=C1C. The highest BCUT2D eigenvalue weighted by molar-refractivity contribution is 7.80. The highest BCUT2D eigenvalue weighted by atomic mass is 35.5. The number of nitrogens with one attached hydrogen (secondary N) is 1. The van der Waals surface area contributed by atoms with Crippen molar-refractivity contribution in [3.05, 3.63) is 64.0 Å². The van der Waals surface area contributed by atoms with Gasteiger partial charge in [-0.2, -0.15) is 4.98 Å². The normalized spacial score (nSPS) is 17.0. The van der Waals surface area contributed by atoms with Crippen LogP contribution in [0.5, 0.6) is 0 Å². The zero-order chi connectivity index (χ0) is 20.4. The fourth-order valence-corrected chi connectivity index (χ4v) is 4.61. The summed E-state index contributed by atoms with van der Waals surface area (Å²) < 4.78 is 5.71. The molecule has 1 aromatic carbocycles. The Morgan fingerprint density at radius 1 is 1.31 bits per heavy atom. The van der Waals surface area contributed by atoms with Crippen LogP contribution in [0.1, 0.15) is 44.2 Å². The molecule has 0 saturated carbocycles. The van der Waals surface area contributed by atoms with Crippen LogP contribution in [-0.2, 0) is 0 Å². The second kappa shape index (κ2) is 8.65. The third kappa shape index (κ3) is 4.08. The Morgan fingerprint density at radius 3 is 2.90 bits per heavy atom. The van der Waals surface area contributed by atoms with Gasteiger partial charge in [0.25, 0.3) is 5.89 Å². The molecule has 3 aromatic rings. The first-order chi connectivity index (χ1) is 14.1. The maximum absolute atomic E-state index is 6.26. The van der Waals surface area contributed by atoms with Gasteiger partial charge in [0.15, 0.2) is 5.11 Å². The molecule has 8 heteroatoms. The summed E-state index contributed by atoms with van der Waals surface area (Å²) >= 11 is 13.5. The topological polar surface area (TPSA) is 54.2 Å². The summed E-state index contributed by atoms with van der Waals surface area (Å²) in [7, 11) is 0. The molecule has 1 atom stereocenters. The van der Waals surface area contributed by atoms with Gasteiger partial charge < -0.3 is 14.7 Å². The van der Waals surface area contributed by atoms with Gasteiger partial charge in [-0.3, -0.25) is 0 Å². The Kier molecular flexibility index (Phi) is 5.99. The van der Waals surface area contributed by atoms with E-state index >= 15 is 0 Å². The molecule has 1 N–H and O–H groups in total. The van der Waals surface area contributed by atoms with Crippen LogP contribution in [0.3, 0.4) is 0 Å².